The number of ether oxygens (including phenoxy) is 1. The predicted molar refractivity (Wildman–Crippen MR) is 134 cm³/mol. The van der Waals surface area contributed by atoms with Crippen LogP contribution in [0.5, 0.6) is 0 Å². The van der Waals surface area contributed by atoms with E-state index in [1.807, 2.05) is 39.5 Å². The highest BCUT2D eigenvalue weighted by atomic mass is 16.5. The molecule has 0 saturated heterocycles. The van der Waals surface area contributed by atoms with Gasteiger partial charge in [0.25, 0.3) is 0 Å². The molecule has 4 heterocycles. The summed E-state index contributed by atoms with van der Waals surface area (Å²) in [5.74, 6) is 0.235. The van der Waals surface area contributed by atoms with Gasteiger partial charge in [0, 0.05) is 53.4 Å². The molecule has 0 bridgehead atoms. The van der Waals surface area contributed by atoms with Gasteiger partial charge in [-0.2, -0.15) is 0 Å². The molecule has 37 heavy (non-hydrogen) atoms. The quantitative estimate of drug-likeness (QED) is 0.509. The molecule has 2 saturated carbocycles. The molecule has 0 radical (unpaired) electrons. The van der Waals surface area contributed by atoms with Crippen LogP contribution in [-0.4, -0.2) is 71.1 Å². The maximum absolute atomic E-state index is 12.2. The van der Waals surface area contributed by atoms with Gasteiger partial charge in [0.05, 0.1) is 13.1 Å². The summed E-state index contributed by atoms with van der Waals surface area (Å²) in [5.41, 5.74) is 1.42. The van der Waals surface area contributed by atoms with Gasteiger partial charge in [-0.3, -0.25) is 9.80 Å². The molecule has 2 aliphatic carbocycles. The number of fused-ring (bicyclic) bond motifs is 2. The number of carbonyl (C=O) groups is 2. The normalized spacial score (nSPS) is 21.8. The number of imidazole rings is 2. The van der Waals surface area contributed by atoms with Crippen LogP contribution in [0, 0.1) is 0 Å². The molecule has 10 nitrogen and oxygen atoms in total. The zero-order chi connectivity index (χ0) is 27.2. The smallest absolute Gasteiger partial charge is 0.358 e. The van der Waals surface area contributed by atoms with Crippen LogP contribution in [0.4, 0.5) is 0 Å². The second-order valence-electron chi connectivity index (χ2n) is 9.81. The number of hydrogen-bond donors (Lipinski definition) is 1. The molecular weight excluding hydrogens is 472 g/mol. The predicted octanol–water partition coefficient (Wildman–Crippen LogP) is 2.78. The highest BCUT2D eigenvalue weighted by molar-refractivity contribution is 5.87. The van der Waals surface area contributed by atoms with E-state index < -0.39 is 24.0 Å². The summed E-state index contributed by atoms with van der Waals surface area (Å²) < 4.78 is 25.5. The van der Waals surface area contributed by atoms with Gasteiger partial charge in [-0.25, -0.2) is 19.6 Å². The van der Waals surface area contributed by atoms with E-state index in [9.17, 15) is 9.59 Å². The average Bonchev–Trinajstić information content (AvgIpc) is 3.76. The van der Waals surface area contributed by atoms with E-state index in [4.69, 9.17) is 12.6 Å². The molecular formula is C27H32N6O4. The van der Waals surface area contributed by atoms with Gasteiger partial charge in [0.1, 0.15) is 18.3 Å². The van der Waals surface area contributed by atoms with Crippen LogP contribution in [0.1, 0.15) is 66.6 Å². The number of carbonyl (C=O) groups excluding carboxylic acids is 1. The number of carboxylic acid groups (broad SMARTS) is 1. The maximum Gasteiger partial charge on any atom is 0.358 e. The van der Waals surface area contributed by atoms with Crippen LogP contribution in [0.15, 0.2) is 42.7 Å². The molecule has 2 aliphatic heterocycles. The first-order valence-corrected chi connectivity index (χ1v) is 12.8. The topological polar surface area (TPSA) is 106 Å². The lowest BCUT2D eigenvalue weighted by atomic mass is 10.2. The molecule has 1 N–H and O–H groups in total. The molecule has 3 aromatic rings. The molecule has 2 fully saturated rings. The van der Waals surface area contributed by atoms with Crippen LogP contribution >= 0.6 is 0 Å². The summed E-state index contributed by atoms with van der Waals surface area (Å²) in [6, 6.07) is 8.81. The molecule has 0 amide bonds. The van der Waals surface area contributed by atoms with Gasteiger partial charge < -0.3 is 19.0 Å². The number of hydrogen-bond acceptors (Lipinski definition) is 7. The Morgan fingerprint density at radius 3 is 1.95 bits per heavy atom. The summed E-state index contributed by atoms with van der Waals surface area (Å²) in [6.45, 7) is 4.64. The van der Waals surface area contributed by atoms with Crippen LogP contribution in [-0.2, 0) is 37.5 Å². The number of rotatable bonds is 6. The number of aromatic carboxylic acids is 1. The van der Waals surface area contributed by atoms with Crippen LogP contribution in [0.3, 0.4) is 0 Å². The van der Waals surface area contributed by atoms with Gasteiger partial charge >= 0.3 is 11.9 Å². The van der Waals surface area contributed by atoms with Crippen molar-refractivity contribution >= 4 is 11.9 Å². The van der Waals surface area contributed by atoms with Crippen molar-refractivity contribution in [3.05, 3.63) is 71.3 Å². The Labute approximate surface area is 218 Å². The zero-order valence-electron chi connectivity index (χ0n) is 22.7. The summed E-state index contributed by atoms with van der Waals surface area (Å²) in [7, 11) is 0. The second kappa shape index (κ2) is 10.1. The van der Waals surface area contributed by atoms with Crippen molar-refractivity contribution in [2.45, 2.75) is 70.5 Å². The first kappa shape index (κ1) is 21.6. The maximum atomic E-state index is 12.2. The molecule has 4 aliphatic rings. The fraction of sp³-hybridized carbons (Fsp3) is 0.481. The van der Waals surface area contributed by atoms with Crippen molar-refractivity contribution in [3.8, 4) is 0 Å². The van der Waals surface area contributed by atoms with Crippen LogP contribution < -0.4 is 0 Å². The van der Waals surface area contributed by atoms with E-state index >= 15 is 0 Å². The number of nitrogens with zero attached hydrogens (tertiary/aromatic N) is 6. The SMILES string of the molecule is [2H]C1(N2CCn3cc(C(=O)O)nc3C2)CC1.[2H]C1(N2CCn3cc(C(=O)OCc4ccccc4)nc3C2)CC1. The second-order valence-corrected chi connectivity index (χ2v) is 9.81. The molecule has 7 rings (SSSR count). The number of esters is 1. The van der Waals surface area contributed by atoms with Gasteiger partial charge in [-0.15, -0.1) is 0 Å². The lowest BCUT2D eigenvalue weighted by Crippen LogP contribution is -2.35. The molecule has 194 valence electrons. The monoisotopic (exact) mass is 506 g/mol. The van der Waals surface area contributed by atoms with Gasteiger partial charge in [0.15, 0.2) is 11.4 Å². The Kier molecular flexibility index (Phi) is 5.89. The van der Waals surface area contributed by atoms with Crippen molar-refractivity contribution < 1.29 is 22.2 Å². The van der Waals surface area contributed by atoms with E-state index in [1.165, 1.54) is 0 Å². The van der Waals surface area contributed by atoms with Crippen molar-refractivity contribution in [2.24, 2.45) is 0 Å². The minimum atomic E-state index is -0.986. The van der Waals surface area contributed by atoms with Gasteiger partial charge in [-0.1, -0.05) is 30.3 Å². The van der Waals surface area contributed by atoms with Gasteiger partial charge in [0.2, 0.25) is 0 Å². The van der Waals surface area contributed by atoms with Crippen molar-refractivity contribution in [2.75, 3.05) is 13.1 Å². The minimum Gasteiger partial charge on any atom is -0.476 e. The van der Waals surface area contributed by atoms with Crippen molar-refractivity contribution in [3.63, 3.8) is 0 Å². The Morgan fingerprint density at radius 2 is 1.41 bits per heavy atom. The highest BCUT2D eigenvalue weighted by Crippen LogP contribution is 2.30. The molecule has 2 aromatic heterocycles. The molecule has 10 heteroatoms. The molecule has 0 spiro atoms. The third-order valence-corrected chi connectivity index (χ3v) is 7.09. The zero-order valence-corrected chi connectivity index (χ0v) is 20.7. The summed E-state index contributed by atoms with van der Waals surface area (Å²) in [5, 5.41) is 8.85. The van der Waals surface area contributed by atoms with E-state index in [0.717, 1.165) is 69.1 Å². The van der Waals surface area contributed by atoms with E-state index in [-0.39, 0.29) is 12.3 Å². The molecule has 1 aromatic carbocycles. The van der Waals surface area contributed by atoms with Crippen LogP contribution in [0.2, 0.25) is 0 Å². The minimum absolute atomic E-state index is 0.103. The van der Waals surface area contributed by atoms with Crippen molar-refractivity contribution in [1.29, 1.82) is 0 Å². The third-order valence-electron chi connectivity index (χ3n) is 7.09. The number of benzene rings is 1. The average molecular weight is 507 g/mol. The Bertz CT molecular complexity index is 1380. The lowest BCUT2D eigenvalue weighted by Gasteiger charge is -2.27. The highest BCUT2D eigenvalue weighted by Gasteiger charge is 2.33. The number of carboxylic acids is 1. The molecule has 0 unspecified atom stereocenters. The molecule has 0 atom stereocenters. The van der Waals surface area contributed by atoms with E-state index in [2.05, 4.69) is 19.8 Å². The summed E-state index contributed by atoms with van der Waals surface area (Å²) >= 11 is 0. The van der Waals surface area contributed by atoms with E-state index in [0.29, 0.717) is 18.8 Å². The number of aromatic nitrogens is 4. The fourth-order valence-electron chi connectivity index (χ4n) is 4.79. The third kappa shape index (κ3) is 5.60. The van der Waals surface area contributed by atoms with Crippen LogP contribution in [0.25, 0.3) is 0 Å². The standard InChI is InChI=1S/C17H19N3O2.C10H13N3O2/c21-17(22-12-13-4-2-1-3-5-13)15-10-20-9-8-19(14-6-7-14)11-16(20)18-15;14-10(15)8-5-13-4-3-12(7-1-2-7)6-9(13)11-8/h1-5,10,14H,6-9,11-12H2;5,7H,1-4,6H2,(H,14,15)/i14D;7D. The van der Waals surface area contributed by atoms with Crippen molar-refractivity contribution in [1.82, 2.24) is 28.9 Å². The fourth-order valence-corrected chi connectivity index (χ4v) is 4.79. The largest absolute Gasteiger partial charge is 0.476 e. The van der Waals surface area contributed by atoms with E-state index in [1.54, 1.807) is 12.4 Å². The first-order chi connectivity index (χ1) is 18.7. The summed E-state index contributed by atoms with van der Waals surface area (Å²) in [4.78, 5) is 35.7. The Morgan fingerprint density at radius 1 is 0.865 bits per heavy atom. The van der Waals surface area contributed by atoms with Gasteiger partial charge in [-0.05, 0) is 31.2 Å². The first-order valence-electron chi connectivity index (χ1n) is 13.8. The Hall–Kier alpha value is -3.50. The lowest BCUT2D eigenvalue weighted by molar-refractivity contribution is 0.0465. The Balaban J connectivity index is 0.000000151. The summed E-state index contributed by atoms with van der Waals surface area (Å²) in [6.07, 6.45) is 7.04.